The molecule has 5 unspecified atom stereocenters. The molecule has 0 radical (unpaired) electrons. The van der Waals surface area contributed by atoms with Crippen molar-refractivity contribution in [1.29, 1.82) is 0 Å². The van der Waals surface area contributed by atoms with E-state index in [0.717, 1.165) is 154 Å². The van der Waals surface area contributed by atoms with E-state index in [4.69, 9.17) is 32.3 Å². The number of allylic oxidation sites excluding steroid dienone is 26. The first kappa shape index (κ1) is 116. The Morgan fingerprint density at radius 2 is 0.438 bits per heavy atom. The Morgan fingerprint density at radius 3 is 0.694 bits per heavy atom. The Kier molecular flexibility index (Phi) is 90.5. The van der Waals surface area contributed by atoms with Crippen LogP contribution in [0.3, 0.4) is 0 Å². The highest BCUT2D eigenvalue weighted by Crippen LogP contribution is 2.45. The third kappa shape index (κ3) is 95.7. The standard InChI is InChI=1S/C103H178O16P2/c1-4-7-10-13-16-19-22-25-28-31-34-37-40-42-44-46-48-50-52-54-57-59-62-65-68-71-74-77-80-83-86-89-101(106)113-92-98(104)93-115-120(109,110)116-94-99(105)95-117-121(111,112)118-97-100(119-103(108)91-88-85-82-79-76-73-70-67-64-61-56-39-36-33-30-27-24-21-18-15-12-9-6-3)96-114-102(107)90-87-84-81-78-75-72-69-66-63-60-58-55-53-51-49-47-45-43-41-38-35-32-29-26-23-20-17-14-11-8-5-2/h7,10,16-21,25-30,34-39,42-45,61,64,98-100,104-105H,4-6,8-9,11-15,22-24,31-33,40-41,46-60,62-63,65-97H2,1-3H3,(H,109,110)(H,111,112)/b10-7-,19-16-,20-17-,21-18-,28-25-,29-26-,30-27-,37-34-,38-35-,39-36-,44-42-,45-43-,64-61-. The van der Waals surface area contributed by atoms with E-state index in [-0.39, 0.29) is 19.3 Å². The third-order valence-corrected chi connectivity index (χ3v) is 22.6. The number of carbonyl (C=O) groups is 3. The van der Waals surface area contributed by atoms with Gasteiger partial charge in [-0.2, -0.15) is 0 Å². The number of rotatable bonds is 92. The van der Waals surface area contributed by atoms with Gasteiger partial charge in [0.15, 0.2) is 6.10 Å². The van der Waals surface area contributed by atoms with E-state index in [1.807, 2.05) is 0 Å². The molecule has 0 heterocycles. The normalized spacial score (nSPS) is 14.4. The minimum absolute atomic E-state index is 0.0902. The molecule has 0 rings (SSSR count). The van der Waals surface area contributed by atoms with Crippen molar-refractivity contribution in [3.8, 4) is 0 Å². The van der Waals surface area contributed by atoms with Gasteiger partial charge in [-0.25, -0.2) is 9.13 Å². The first-order valence-corrected chi connectivity index (χ1v) is 51.8. The Balaban J connectivity index is 4.60. The van der Waals surface area contributed by atoms with Gasteiger partial charge < -0.3 is 34.2 Å². The van der Waals surface area contributed by atoms with Crippen molar-refractivity contribution in [3.05, 3.63) is 158 Å². The van der Waals surface area contributed by atoms with Gasteiger partial charge in [0.05, 0.1) is 26.4 Å². The van der Waals surface area contributed by atoms with E-state index in [1.165, 1.54) is 205 Å². The maximum Gasteiger partial charge on any atom is 0.472 e. The first-order chi connectivity index (χ1) is 59.2. The zero-order valence-electron chi connectivity index (χ0n) is 76.9. The number of esters is 3. The van der Waals surface area contributed by atoms with E-state index in [1.54, 1.807) is 0 Å². The van der Waals surface area contributed by atoms with Crippen molar-refractivity contribution >= 4 is 33.6 Å². The molecule has 0 saturated heterocycles. The maximum atomic E-state index is 13.1. The molecule has 4 N–H and O–H groups in total. The number of aliphatic hydroxyl groups excluding tert-OH is 2. The Bertz CT molecular complexity index is 2830. The van der Waals surface area contributed by atoms with Crippen molar-refractivity contribution in [1.82, 2.24) is 0 Å². The molecule has 0 aromatic heterocycles. The van der Waals surface area contributed by atoms with Gasteiger partial charge in [-0.15, -0.1) is 0 Å². The van der Waals surface area contributed by atoms with Crippen molar-refractivity contribution < 1.29 is 75.8 Å². The number of phosphoric acid groups is 2. The van der Waals surface area contributed by atoms with E-state index in [0.29, 0.717) is 19.3 Å². The third-order valence-electron chi connectivity index (χ3n) is 20.7. The second kappa shape index (κ2) is 94.3. The first-order valence-electron chi connectivity index (χ1n) is 48.8. The summed E-state index contributed by atoms with van der Waals surface area (Å²) >= 11 is 0. The van der Waals surface area contributed by atoms with Gasteiger partial charge in [-0.05, 0) is 154 Å². The summed E-state index contributed by atoms with van der Waals surface area (Å²) in [6.07, 6.45) is 121. The van der Waals surface area contributed by atoms with Crippen molar-refractivity contribution in [2.75, 3.05) is 39.6 Å². The van der Waals surface area contributed by atoms with Crippen LogP contribution in [0.1, 0.15) is 419 Å². The topological polar surface area (TPSA) is 231 Å². The Labute approximate surface area is 740 Å². The summed E-state index contributed by atoms with van der Waals surface area (Å²) in [5.41, 5.74) is 0. The van der Waals surface area contributed by atoms with Crippen LogP contribution in [0, 0.1) is 0 Å². The molecule has 0 bridgehead atoms. The lowest BCUT2D eigenvalue weighted by Crippen LogP contribution is -2.30. The van der Waals surface area contributed by atoms with Crippen LogP contribution < -0.4 is 0 Å². The molecule has 0 aromatic rings. The summed E-state index contributed by atoms with van der Waals surface area (Å²) in [6, 6.07) is 0. The average Bonchev–Trinajstić information content (AvgIpc) is 0.884. The molecule has 121 heavy (non-hydrogen) atoms. The van der Waals surface area contributed by atoms with Gasteiger partial charge in [0.25, 0.3) is 0 Å². The molecule has 0 aromatic carbocycles. The van der Waals surface area contributed by atoms with Gasteiger partial charge in [0.2, 0.25) is 0 Å². The summed E-state index contributed by atoms with van der Waals surface area (Å²) in [5.74, 6) is -1.57. The molecular formula is C103H178O16P2. The quantitative estimate of drug-likeness (QED) is 0.0146. The highest BCUT2D eigenvalue weighted by Gasteiger charge is 2.30. The molecule has 0 spiro atoms. The minimum Gasteiger partial charge on any atom is -0.463 e. The molecule has 5 atom stereocenters. The summed E-state index contributed by atoms with van der Waals surface area (Å²) in [6.45, 7) is 2.56. The van der Waals surface area contributed by atoms with Crippen LogP contribution >= 0.6 is 15.6 Å². The SMILES string of the molecule is CC/C=C\C/C=C\C/C=C\C/C=C\C/C=C\CCCCCCCCCCCCCCCCCC(=O)OCC(O)COP(=O)(O)OCC(O)COP(=O)(O)OCC(COC(=O)CCCCCCCCCCCCCCCCC/C=C\C/C=C\C/C=C\C/C=C\CCCCC)OC(=O)CCCCCCCCC/C=C\C/C=C\C/C=C\C/C=C\CCCCC. The van der Waals surface area contributed by atoms with Gasteiger partial charge in [-0.3, -0.25) is 32.5 Å². The highest BCUT2D eigenvalue weighted by molar-refractivity contribution is 7.47. The summed E-state index contributed by atoms with van der Waals surface area (Å²) < 4.78 is 61.6. The van der Waals surface area contributed by atoms with Crippen molar-refractivity contribution in [2.24, 2.45) is 0 Å². The van der Waals surface area contributed by atoms with Crippen LogP contribution in [0.5, 0.6) is 0 Å². The van der Waals surface area contributed by atoms with Crippen LogP contribution in [-0.4, -0.2) is 95.9 Å². The molecule has 696 valence electrons. The Hall–Kier alpha value is -4.83. The molecule has 18 heteroatoms. The molecule has 0 saturated carbocycles. The predicted molar refractivity (Wildman–Crippen MR) is 509 cm³/mol. The maximum absolute atomic E-state index is 13.1. The summed E-state index contributed by atoms with van der Waals surface area (Å²) in [4.78, 5) is 59.1. The molecule has 0 aliphatic carbocycles. The number of phosphoric ester groups is 2. The fraction of sp³-hybridized carbons (Fsp3) is 0.718. The molecule has 0 aliphatic rings. The molecule has 0 amide bonds. The highest BCUT2D eigenvalue weighted by atomic mass is 31.2. The van der Waals surface area contributed by atoms with E-state index < -0.39 is 91.5 Å². The zero-order valence-corrected chi connectivity index (χ0v) is 78.7. The summed E-state index contributed by atoms with van der Waals surface area (Å²) in [7, 11) is -9.82. The molecule has 16 nitrogen and oxygen atoms in total. The van der Waals surface area contributed by atoms with Gasteiger partial charge in [0.1, 0.15) is 25.4 Å². The molecule has 0 aliphatic heterocycles. The largest absolute Gasteiger partial charge is 0.472 e. The number of carbonyl (C=O) groups excluding carboxylic acids is 3. The van der Waals surface area contributed by atoms with Crippen LogP contribution in [0.25, 0.3) is 0 Å². The van der Waals surface area contributed by atoms with Crippen LogP contribution in [0.15, 0.2) is 158 Å². The van der Waals surface area contributed by atoms with Gasteiger partial charge in [0, 0.05) is 19.3 Å². The van der Waals surface area contributed by atoms with E-state index >= 15 is 0 Å². The van der Waals surface area contributed by atoms with Crippen molar-refractivity contribution in [3.63, 3.8) is 0 Å². The monoisotopic (exact) mass is 1730 g/mol. The number of aliphatic hydroxyl groups is 2. The lowest BCUT2D eigenvalue weighted by atomic mass is 10.0. The zero-order chi connectivity index (χ0) is 87.9. The summed E-state index contributed by atoms with van der Waals surface area (Å²) in [5, 5.41) is 20.8. The predicted octanol–water partition coefficient (Wildman–Crippen LogP) is 30.5. The molecule has 0 fully saturated rings. The Morgan fingerprint density at radius 1 is 0.240 bits per heavy atom. The number of ether oxygens (including phenoxy) is 3. The minimum atomic E-state index is -4.95. The fourth-order valence-corrected chi connectivity index (χ4v) is 14.9. The van der Waals surface area contributed by atoms with Crippen LogP contribution in [0.2, 0.25) is 0 Å². The average molecular weight is 1730 g/mol. The van der Waals surface area contributed by atoms with E-state index in [9.17, 15) is 43.5 Å². The number of hydrogen-bond acceptors (Lipinski definition) is 14. The van der Waals surface area contributed by atoms with Gasteiger partial charge in [-0.1, -0.05) is 403 Å². The number of unbranched alkanes of at least 4 members (excludes halogenated alkanes) is 43. The van der Waals surface area contributed by atoms with Crippen molar-refractivity contribution in [2.45, 2.75) is 437 Å². The molecular weight excluding hydrogens is 1560 g/mol. The number of hydrogen-bond donors (Lipinski definition) is 4. The smallest absolute Gasteiger partial charge is 0.463 e. The van der Waals surface area contributed by atoms with Crippen LogP contribution in [-0.2, 0) is 55.8 Å². The van der Waals surface area contributed by atoms with Gasteiger partial charge >= 0.3 is 33.6 Å². The van der Waals surface area contributed by atoms with E-state index in [2.05, 4.69) is 179 Å². The lowest BCUT2D eigenvalue weighted by Gasteiger charge is -2.21. The second-order valence-corrected chi connectivity index (χ2v) is 35.4. The second-order valence-electron chi connectivity index (χ2n) is 32.5. The van der Waals surface area contributed by atoms with Crippen LogP contribution in [0.4, 0.5) is 0 Å². The fourth-order valence-electron chi connectivity index (χ4n) is 13.3. The lowest BCUT2D eigenvalue weighted by molar-refractivity contribution is -0.161.